The first-order chi connectivity index (χ1) is 11.0. The Morgan fingerprint density at radius 3 is 2.52 bits per heavy atom. The van der Waals surface area contributed by atoms with Crippen LogP contribution >= 0.6 is 0 Å². The maximum absolute atomic E-state index is 11.0. The molecule has 0 saturated carbocycles. The van der Waals surface area contributed by atoms with Crippen molar-refractivity contribution in [1.29, 1.82) is 0 Å². The second kappa shape index (κ2) is 7.65. The third-order valence-corrected chi connectivity index (χ3v) is 3.69. The van der Waals surface area contributed by atoms with E-state index in [-0.39, 0.29) is 6.04 Å². The Bertz CT molecular complexity index is 684. The fourth-order valence-electron chi connectivity index (χ4n) is 2.33. The number of nitrogens with one attached hydrogen (secondary N) is 1. The van der Waals surface area contributed by atoms with Gasteiger partial charge in [0, 0.05) is 12.6 Å². The highest BCUT2D eigenvalue weighted by Crippen LogP contribution is 2.29. The van der Waals surface area contributed by atoms with Gasteiger partial charge in [-0.1, -0.05) is 18.2 Å². The minimum Gasteiger partial charge on any atom is -0.493 e. The summed E-state index contributed by atoms with van der Waals surface area (Å²) in [6, 6.07) is 12.8. The molecule has 0 fully saturated rings. The highest BCUT2D eigenvalue weighted by atomic mass is 16.5. The summed E-state index contributed by atoms with van der Waals surface area (Å²) in [6.45, 7) is 2.62. The number of carbonyl (C=O) groups is 1. The number of benzene rings is 2. The molecule has 0 radical (unpaired) electrons. The van der Waals surface area contributed by atoms with Crippen LogP contribution in [0.3, 0.4) is 0 Å². The zero-order valence-electron chi connectivity index (χ0n) is 13.5. The van der Waals surface area contributed by atoms with Crippen LogP contribution in [0.5, 0.6) is 11.5 Å². The van der Waals surface area contributed by atoms with E-state index in [4.69, 9.17) is 14.6 Å². The number of methoxy groups -OCH3 is 2. The molecule has 0 spiro atoms. The first kappa shape index (κ1) is 16.8. The maximum atomic E-state index is 11.0. The zero-order chi connectivity index (χ0) is 16.8. The molecule has 0 amide bonds. The van der Waals surface area contributed by atoms with Crippen LogP contribution in [-0.2, 0) is 6.54 Å². The van der Waals surface area contributed by atoms with Crippen molar-refractivity contribution in [2.45, 2.75) is 19.5 Å². The molecule has 2 rings (SSSR count). The Morgan fingerprint density at radius 1 is 1.13 bits per heavy atom. The molecule has 5 heteroatoms. The molecule has 0 bridgehead atoms. The van der Waals surface area contributed by atoms with E-state index in [1.807, 2.05) is 31.2 Å². The van der Waals surface area contributed by atoms with Gasteiger partial charge in [0.2, 0.25) is 0 Å². The van der Waals surface area contributed by atoms with Crippen LogP contribution in [-0.4, -0.2) is 25.3 Å². The lowest BCUT2D eigenvalue weighted by atomic mass is 10.1. The highest BCUT2D eigenvalue weighted by Gasteiger charge is 2.10. The van der Waals surface area contributed by atoms with E-state index in [0.29, 0.717) is 23.6 Å². The molecule has 122 valence electrons. The minimum absolute atomic E-state index is 0.0864. The van der Waals surface area contributed by atoms with Crippen LogP contribution in [0.25, 0.3) is 0 Å². The van der Waals surface area contributed by atoms with Crippen molar-refractivity contribution < 1.29 is 19.4 Å². The fourth-order valence-corrected chi connectivity index (χ4v) is 2.33. The van der Waals surface area contributed by atoms with E-state index >= 15 is 0 Å². The molecule has 23 heavy (non-hydrogen) atoms. The topological polar surface area (TPSA) is 67.8 Å². The predicted molar refractivity (Wildman–Crippen MR) is 88.2 cm³/mol. The third-order valence-electron chi connectivity index (χ3n) is 3.69. The Morgan fingerprint density at radius 2 is 1.87 bits per heavy atom. The standard InChI is InChI=1S/C18H21NO4/c1-12(14-7-8-16(22-2)17(10-14)23-3)19-11-13-5-4-6-15(9-13)18(20)21/h4-10,12,19H,11H2,1-3H3,(H,20,21). The quantitative estimate of drug-likeness (QED) is 0.821. The number of carboxylic acid groups (broad SMARTS) is 1. The lowest BCUT2D eigenvalue weighted by Gasteiger charge is -2.16. The summed E-state index contributed by atoms with van der Waals surface area (Å²) in [7, 11) is 3.21. The number of carboxylic acids is 1. The van der Waals surface area contributed by atoms with Crippen LogP contribution < -0.4 is 14.8 Å². The van der Waals surface area contributed by atoms with E-state index in [1.54, 1.807) is 32.4 Å². The van der Waals surface area contributed by atoms with E-state index < -0.39 is 5.97 Å². The molecule has 0 aromatic heterocycles. The second-order valence-corrected chi connectivity index (χ2v) is 5.22. The summed E-state index contributed by atoms with van der Waals surface area (Å²) in [5, 5.41) is 12.4. The Labute approximate surface area is 135 Å². The molecule has 0 heterocycles. The van der Waals surface area contributed by atoms with Gasteiger partial charge in [-0.3, -0.25) is 0 Å². The monoisotopic (exact) mass is 315 g/mol. The van der Waals surface area contributed by atoms with Gasteiger partial charge < -0.3 is 19.9 Å². The van der Waals surface area contributed by atoms with Gasteiger partial charge in [0.05, 0.1) is 19.8 Å². The molecule has 5 nitrogen and oxygen atoms in total. The summed E-state index contributed by atoms with van der Waals surface area (Å²) in [4.78, 5) is 11.0. The van der Waals surface area contributed by atoms with E-state index in [9.17, 15) is 4.79 Å². The molecular formula is C18H21NO4. The Hall–Kier alpha value is -2.53. The smallest absolute Gasteiger partial charge is 0.335 e. The largest absolute Gasteiger partial charge is 0.493 e. The maximum Gasteiger partial charge on any atom is 0.335 e. The average Bonchev–Trinajstić information content (AvgIpc) is 2.59. The summed E-state index contributed by atoms with van der Waals surface area (Å²) in [6.07, 6.45) is 0. The van der Waals surface area contributed by atoms with Crippen LogP contribution in [0, 0.1) is 0 Å². The van der Waals surface area contributed by atoms with Gasteiger partial charge in [-0.15, -0.1) is 0 Å². The third kappa shape index (κ3) is 4.23. The number of rotatable bonds is 7. The van der Waals surface area contributed by atoms with Crippen molar-refractivity contribution in [1.82, 2.24) is 5.32 Å². The van der Waals surface area contributed by atoms with Crippen molar-refractivity contribution >= 4 is 5.97 Å². The van der Waals surface area contributed by atoms with Crippen molar-refractivity contribution in [2.75, 3.05) is 14.2 Å². The van der Waals surface area contributed by atoms with Crippen molar-refractivity contribution in [2.24, 2.45) is 0 Å². The first-order valence-electron chi connectivity index (χ1n) is 7.32. The molecule has 2 aromatic rings. The SMILES string of the molecule is COc1ccc(C(C)NCc2cccc(C(=O)O)c2)cc1OC. The number of ether oxygens (including phenoxy) is 2. The van der Waals surface area contributed by atoms with Crippen LogP contribution in [0.15, 0.2) is 42.5 Å². The van der Waals surface area contributed by atoms with Gasteiger partial charge in [-0.05, 0) is 42.3 Å². The predicted octanol–water partition coefficient (Wildman–Crippen LogP) is 3.25. The molecule has 2 aromatic carbocycles. The molecule has 0 saturated heterocycles. The Balaban J connectivity index is 2.06. The highest BCUT2D eigenvalue weighted by molar-refractivity contribution is 5.87. The van der Waals surface area contributed by atoms with Crippen molar-refractivity contribution in [3.8, 4) is 11.5 Å². The number of hydrogen-bond donors (Lipinski definition) is 2. The zero-order valence-corrected chi connectivity index (χ0v) is 13.5. The fraction of sp³-hybridized carbons (Fsp3) is 0.278. The molecule has 1 atom stereocenters. The van der Waals surface area contributed by atoms with E-state index in [0.717, 1.165) is 11.1 Å². The lowest BCUT2D eigenvalue weighted by molar-refractivity contribution is 0.0696. The van der Waals surface area contributed by atoms with Gasteiger partial charge in [-0.25, -0.2) is 4.79 Å². The molecule has 0 aliphatic heterocycles. The minimum atomic E-state index is -0.917. The van der Waals surface area contributed by atoms with Gasteiger partial charge >= 0.3 is 5.97 Å². The average molecular weight is 315 g/mol. The summed E-state index contributed by atoms with van der Waals surface area (Å²) in [5.41, 5.74) is 2.29. The van der Waals surface area contributed by atoms with Gasteiger partial charge in [0.15, 0.2) is 11.5 Å². The van der Waals surface area contributed by atoms with Crippen molar-refractivity contribution in [3.05, 3.63) is 59.2 Å². The summed E-state index contributed by atoms with van der Waals surface area (Å²) < 4.78 is 10.5. The number of aromatic carboxylic acids is 1. The summed E-state index contributed by atoms with van der Waals surface area (Å²) >= 11 is 0. The Kier molecular flexibility index (Phi) is 5.60. The van der Waals surface area contributed by atoms with E-state index in [2.05, 4.69) is 5.32 Å². The first-order valence-corrected chi connectivity index (χ1v) is 7.32. The number of hydrogen-bond acceptors (Lipinski definition) is 4. The van der Waals surface area contributed by atoms with Gasteiger partial charge in [-0.2, -0.15) is 0 Å². The normalized spacial score (nSPS) is 11.8. The molecule has 0 aliphatic carbocycles. The van der Waals surface area contributed by atoms with Crippen LogP contribution in [0.1, 0.15) is 34.5 Å². The molecule has 2 N–H and O–H groups in total. The van der Waals surface area contributed by atoms with Crippen LogP contribution in [0.2, 0.25) is 0 Å². The van der Waals surface area contributed by atoms with Crippen LogP contribution in [0.4, 0.5) is 0 Å². The molecule has 0 aliphatic rings. The molecular weight excluding hydrogens is 294 g/mol. The second-order valence-electron chi connectivity index (χ2n) is 5.22. The lowest BCUT2D eigenvalue weighted by Crippen LogP contribution is -2.18. The van der Waals surface area contributed by atoms with Crippen molar-refractivity contribution in [3.63, 3.8) is 0 Å². The van der Waals surface area contributed by atoms with E-state index in [1.165, 1.54) is 0 Å². The van der Waals surface area contributed by atoms with Gasteiger partial charge in [0.1, 0.15) is 0 Å². The molecule has 1 unspecified atom stereocenters. The summed E-state index contributed by atoms with van der Waals surface area (Å²) in [5.74, 6) is 0.462. The van der Waals surface area contributed by atoms with Gasteiger partial charge in [0.25, 0.3) is 0 Å².